The number of thioether (sulfide) groups is 1. The molecular formula is C17H19NO6S2. The van der Waals surface area contributed by atoms with Crippen LogP contribution in [0.25, 0.3) is 6.08 Å². The van der Waals surface area contributed by atoms with E-state index in [-0.39, 0.29) is 18.9 Å². The Bertz CT molecular complexity index is 762. The molecule has 1 aliphatic heterocycles. The maximum atomic E-state index is 12.6. The molecule has 7 nitrogen and oxygen atoms in total. The molecule has 1 aromatic carbocycles. The highest BCUT2D eigenvalue weighted by molar-refractivity contribution is 8.26. The molecule has 1 amide bonds. The van der Waals surface area contributed by atoms with E-state index >= 15 is 0 Å². The Morgan fingerprint density at radius 3 is 2.38 bits per heavy atom. The van der Waals surface area contributed by atoms with Gasteiger partial charge in [-0.2, -0.15) is 0 Å². The summed E-state index contributed by atoms with van der Waals surface area (Å²) in [5, 5.41) is 8.73. The van der Waals surface area contributed by atoms with E-state index in [1.165, 1.54) is 38.0 Å². The van der Waals surface area contributed by atoms with Gasteiger partial charge in [0.2, 0.25) is 0 Å². The van der Waals surface area contributed by atoms with Crippen LogP contribution in [-0.2, 0) is 9.59 Å². The molecule has 1 saturated heterocycles. The lowest BCUT2D eigenvalue weighted by molar-refractivity contribution is -0.137. The number of carbonyl (C=O) groups is 2. The number of rotatable bonds is 8. The van der Waals surface area contributed by atoms with Crippen molar-refractivity contribution in [3.8, 4) is 17.2 Å². The van der Waals surface area contributed by atoms with Gasteiger partial charge in [-0.15, -0.1) is 0 Å². The number of aliphatic carboxylic acids is 1. The Hall–Kier alpha value is -2.26. The van der Waals surface area contributed by atoms with Crippen molar-refractivity contribution in [2.45, 2.75) is 12.8 Å². The van der Waals surface area contributed by atoms with Crippen molar-refractivity contribution < 1.29 is 28.9 Å². The quantitative estimate of drug-likeness (QED) is 0.529. The van der Waals surface area contributed by atoms with Crippen LogP contribution in [0.15, 0.2) is 17.0 Å². The number of carboxylic acid groups (broad SMARTS) is 1. The van der Waals surface area contributed by atoms with E-state index in [2.05, 4.69) is 0 Å². The summed E-state index contributed by atoms with van der Waals surface area (Å²) in [5.74, 6) is 0.404. The summed E-state index contributed by atoms with van der Waals surface area (Å²) in [7, 11) is 4.57. The summed E-state index contributed by atoms with van der Waals surface area (Å²) in [6, 6.07) is 3.40. The fourth-order valence-electron chi connectivity index (χ4n) is 2.39. The third-order valence-corrected chi connectivity index (χ3v) is 5.05. The van der Waals surface area contributed by atoms with Gasteiger partial charge in [0, 0.05) is 24.6 Å². The predicted octanol–water partition coefficient (Wildman–Crippen LogP) is 2.78. The molecule has 0 bridgehead atoms. The first-order valence-corrected chi connectivity index (χ1v) is 8.91. The number of amides is 1. The standard InChI is InChI=1S/C17H19NO6S2/c1-22-11-9-13(24-3)12(23-2)7-10(11)8-14-16(21)18(17(25)26-14)6-4-5-15(19)20/h7-9H,4-6H2,1-3H3,(H,19,20). The highest BCUT2D eigenvalue weighted by Crippen LogP contribution is 2.39. The zero-order chi connectivity index (χ0) is 19.3. The lowest BCUT2D eigenvalue weighted by atomic mass is 10.1. The lowest BCUT2D eigenvalue weighted by Crippen LogP contribution is -2.29. The van der Waals surface area contributed by atoms with Crippen LogP contribution in [0.3, 0.4) is 0 Å². The first-order valence-electron chi connectivity index (χ1n) is 7.68. The molecule has 9 heteroatoms. The molecule has 2 rings (SSSR count). The number of hydrogen-bond acceptors (Lipinski definition) is 7. The fourth-order valence-corrected chi connectivity index (χ4v) is 3.69. The van der Waals surface area contributed by atoms with Gasteiger partial charge in [-0.25, -0.2) is 0 Å². The van der Waals surface area contributed by atoms with Crippen molar-refractivity contribution in [2.24, 2.45) is 0 Å². The zero-order valence-electron chi connectivity index (χ0n) is 14.6. The van der Waals surface area contributed by atoms with E-state index in [1.54, 1.807) is 18.2 Å². The van der Waals surface area contributed by atoms with Crippen LogP contribution in [-0.4, -0.2) is 54.1 Å². The van der Waals surface area contributed by atoms with Crippen LogP contribution in [0.5, 0.6) is 17.2 Å². The fraction of sp³-hybridized carbons (Fsp3) is 0.353. The van der Waals surface area contributed by atoms with Gasteiger partial charge in [0.05, 0.1) is 26.2 Å². The molecule has 0 spiro atoms. The molecule has 140 valence electrons. The van der Waals surface area contributed by atoms with Gasteiger partial charge in [-0.05, 0) is 18.6 Å². The van der Waals surface area contributed by atoms with Gasteiger partial charge in [0.15, 0.2) is 11.5 Å². The van der Waals surface area contributed by atoms with Crippen molar-refractivity contribution in [3.05, 3.63) is 22.6 Å². The second-order valence-corrected chi connectivity index (χ2v) is 6.96. The number of nitrogens with zero attached hydrogens (tertiary/aromatic N) is 1. The number of benzene rings is 1. The molecule has 0 aromatic heterocycles. The van der Waals surface area contributed by atoms with Crippen LogP contribution < -0.4 is 14.2 Å². The molecule has 1 heterocycles. The molecular weight excluding hydrogens is 378 g/mol. The van der Waals surface area contributed by atoms with Crippen molar-refractivity contribution in [1.82, 2.24) is 4.90 Å². The topological polar surface area (TPSA) is 85.3 Å². The third-order valence-electron chi connectivity index (χ3n) is 3.67. The van der Waals surface area contributed by atoms with E-state index < -0.39 is 5.97 Å². The molecule has 26 heavy (non-hydrogen) atoms. The van der Waals surface area contributed by atoms with Crippen LogP contribution in [0.2, 0.25) is 0 Å². The van der Waals surface area contributed by atoms with Crippen LogP contribution in [0.1, 0.15) is 18.4 Å². The third kappa shape index (κ3) is 4.47. The summed E-state index contributed by atoms with van der Waals surface area (Å²) in [4.78, 5) is 25.1. The minimum atomic E-state index is -0.902. The second-order valence-electron chi connectivity index (χ2n) is 5.28. The number of thiocarbonyl (C=S) groups is 1. The molecule has 0 radical (unpaired) electrons. The van der Waals surface area contributed by atoms with Gasteiger partial charge < -0.3 is 19.3 Å². The molecule has 0 aliphatic carbocycles. The summed E-state index contributed by atoms with van der Waals surface area (Å²) in [6.45, 7) is 0.275. The zero-order valence-corrected chi connectivity index (χ0v) is 16.2. The number of methoxy groups -OCH3 is 3. The first-order chi connectivity index (χ1) is 12.4. The summed E-state index contributed by atoms with van der Waals surface area (Å²) in [6.07, 6.45) is 2.01. The average molecular weight is 397 g/mol. The Labute approximate surface area is 160 Å². The summed E-state index contributed by atoms with van der Waals surface area (Å²) >= 11 is 6.42. The number of hydrogen-bond donors (Lipinski definition) is 1. The smallest absolute Gasteiger partial charge is 0.303 e. The molecule has 1 aliphatic rings. The van der Waals surface area contributed by atoms with Crippen molar-refractivity contribution >= 4 is 46.3 Å². The number of carboxylic acids is 1. The SMILES string of the molecule is COc1cc(OC)c(OC)cc1C=C1SC(=S)N(CCCC(=O)O)C1=O. The van der Waals surface area contributed by atoms with E-state index in [9.17, 15) is 9.59 Å². The van der Waals surface area contributed by atoms with Crippen LogP contribution in [0.4, 0.5) is 0 Å². The van der Waals surface area contributed by atoms with Gasteiger partial charge in [-0.3, -0.25) is 14.5 Å². The first kappa shape index (κ1) is 20.1. The molecule has 0 saturated carbocycles. The van der Waals surface area contributed by atoms with Crippen molar-refractivity contribution in [3.63, 3.8) is 0 Å². The maximum absolute atomic E-state index is 12.6. The van der Waals surface area contributed by atoms with E-state index in [1.807, 2.05) is 0 Å². The highest BCUT2D eigenvalue weighted by Gasteiger charge is 2.32. The van der Waals surface area contributed by atoms with Crippen molar-refractivity contribution in [2.75, 3.05) is 27.9 Å². The maximum Gasteiger partial charge on any atom is 0.303 e. The monoisotopic (exact) mass is 397 g/mol. The molecule has 0 unspecified atom stereocenters. The molecule has 1 aromatic rings. The second kappa shape index (κ2) is 8.91. The predicted molar refractivity (Wildman–Crippen MR) is 103 cm³/mol. The van der Waals surface area contributed by atoms with Gasteiger partial charge >= 0.3 is 5.97 Å². The Kier molecular flexibility index (Phi) is 6.87. The lowest BCUT2D eigenvalue weighted by Gasteiger charge is -2.13. The number of carbonyl (C=O) groups excluding carboxylic acids is 1. The minimum Gasteiger partial charge on any atom is -0.496 e. The molecule has 1 N–H and O–H groups in total. The summed E-state index contributed by atoms with van der Waals surface area (Å²) < 4.78 is 16.3. The summed E-state index contributed by atoms with van der Waals surface area (Å²) in [5.41, 5.74) is 0.649. The van der Waals surface area contributed by atoms with Gasteiger partial charge in [0.1, 0.15) is 10.1 Å². The van der Waals surface area contributed by atoms with Crippen molar-refractivity contribution in [1.29, 1.82) is 0 Å². The molecule has 1 fully saturated rings. The van der Waals surface area contributed by atoms with Gasteiger partial charge in [-0.1, -0.05) is 24.0 Å². The molecule has 0 atom stereocenters. The average Bonchev–Trinajstić information content (AvgIpc) is 2.88. The Balaban J connectivity index is 2.28. The Morgan fingerprint density at radius 2 is 1.81 bits per heavy atom. The van der Waals surface area contributed by atoms with E-state index in [4.69, 9.17) is 31.5 Å². The van der Waals surface area contributed by atoms with E-state index in [0.29, 0.717) is 38.5 Å². The van der Waals surface area contributed by atoms with Gasteiger partial charge in [0.25, 0.3) is 5.91 Å². The number of ether oxygens (including phenoxy) is 3. The van der Waals surface area contributed by atoms with E-state index in [0.717, 1.165) is 0 Å². The minimum absolute atomic E-state index is 0.0143. The van der Waals surface area contributed by atoms with Crippen LogP contribution >= 0.6 is 24.0 Å². The van der Waals surface area contributed by atoms with Crippen LogP contribution in [0, 0.1) is 0 Å². The Morgan fingerprint density at radius 1 is 1.19 bits per heavy atom. The highest BCUT2D eigenvalue weighted by atomic mass is 32.2. The normalized spacial score (nSPS) is 15.5. The largest absolute Gasteiger partial charge is 0.496 e.